The molecule has 0 bridgehead atoms. The maximum Gasteiger partial charge on any atom is 0.325 e. The summed E-state index contributed by atoms with van der Waals surface area (Å²) in [6.07, 6.45) is 2.91. The molecule has 0 atom stereocenters. The number of anilines is 3. The molecule has 1 heterocycles. The predicted molar refractivity (Wildman–Crippen MR) is 166 cm³/mol. The number of hydrogen-bond acceptors (Lipinski definition) is 6. The Labute approximate surface area is 245 Å². The van der Waals surface area contributed by atoms with Gasteiger partial charge < -0.3 is 20.1 Å². The molecule has 214 valence electrons. The quantitative estimate of drug-likeness (QED) is 0.150. The third-order valence-electron chi connectivity index (χ3n) is 6.32. The zero-order valence-corrected chi connectivity index (χ0v) is 24.7. The van der Waals surface area contributed by atoms with Crippen molar-refractivity contribution in [1.82, 2.24) is 4.98 Å². The zero-order chi connectivity index (χ0) is 29.2. The van der Waals surface area contributed by atoms with Crippen molar-refractivity contribution in [3.8, 4) is 11.5 Å². The number of ether oxygens (including phenoxy) is 2. The molecule has 0 fully saturated rings. The summed E-state index contributed by atoms with van der Waals surface area (Å²) >= 11 is 1.13. The Morgan fingerprint density at radius 3 is 2.00 bits per heavy atom. The van der Waals surface area contributed by atoms with Gasteiger partial charge in [0, 0.05) is 11.4 Å². The molecule has 0 radical (unpaired) electrons. The largest absolute Gasteiger partial charge is 0.494 e. The van der Waals surface area contributed by atoms with Crippen LogP contribution in [0, 0.1) is 27.7 Å². The summed E-state index contributed by atoms with van der Waals surface area (Å²) in [5.74, 6) is 1.38. The Hall–Kier alpha value is -4.37. The lowest BCUT2D eigenvalue weighted by Crippen LogP contribution is -2.19. The summed E-state index contributed by atoms with van der Waals surface area (Å²) in [6.45, 7) is 9.01. The van der Waals surface area contributed by atoms with E-state index in [0.717, 1.165) is 64.5 Å². The van der Waals surface area contributed by atoms with Crippen LogP contribution in [0.4, 0.5) is 21.3 Å². The van der Waals surface area contributed by atoms with Gasteiger partial charge in [-0.2, -0.15) is 0 Å². The summed E-state index contributed by atoms with van der Waals surface area (Å²) in [5, 5.41) is 8.84. The van der Waals surface area contributed by atoms with E-state index >= 15 is 0 Å². The fraction of sp³-hybridized carbons (Fsp3) is 0.281. The van der Waals surface area contributed by atoms with Gasteiger partial charge in [-0.15, -0.1) is 0 Å². The highest BCUT2D eigenvalue weighted by atomic mass is 32.1. The highest BCUT2D eigenvalue weighted by molar-refractivity contribution is 7.17. The molecule has 41 heavy (non-hydrogen) atoms. The lowest BCUT2D eigenvalue weighted by molar-refractivity contribution is 0.102. The van der Waals surface area contributed by atoms with Crippen molar-refractivity contribution in [2.24, 2.45) is 0 Å². The van der Waals surface area contributed by atoms with Crippen LogP contribution < -0.4 is 25.4 Å². The summed E-state index contributed by atoms with van der Waals surface area (Å²) in [7, 11) is 0. The molecular formula is C32H36N4O4S. The van der Waals surface area contributed by atoms with Crippen molar-refractivity contribution in [3.63, 3.8) is 0 Å². The van der Waals surface area contributed by atoms with E-state index in [1.165, 1.54) is 0 Å². The number of carbonyl (C=O) groups excluding carboxylic acids is 2. The number of benzene rings is 3. The molecule has 3 aromatic carbocycles. The van der Waals surface area contributed by atoms with E-state index in [1.54, 1.807) is 19.1 Å². The summed E-state index contributed by atoms with van der Waals surface area (Å²) < 4.78 is 11.5. The Morgan fingerprint density at radius 2 is 1.37 bits per heavy atom. The van der Waals surface area contributed by atoms with Gasteiger partial charge in [0.15, 0.2) is 5.13 Å². The van der Waals surface area contributed by atoms with Gasteiger partial charge in [-0.1, -0.05) is 47.2 Å². The number of aromatic nitrogens is 1. The standard InChI is InChI=1S/C32H36N4O4S/c1-21-19-22(2)28(23(3)20-21)35-30(37)29-24(4)33-32(41-29)36-31(38)34-25-13-15-27(16-14-25)40-18-10-6-9-17-39-26-11-7-5-8-12-26/h5,7-8,11-16,19-20H,6,9-10,17-18H2,1-4H3,(H,35,37)(H2,33,34,36,38). The number of amides is 3. The van der Waals surface area contributed by atoms with Crippen LogP contribution in [0.1, 0.15) is 51.3 Å². The van der Waals surface area contributed by atoms with E-state index in [2.05, 4.69) is 20.9 Å². The molecule has 0 saturated carbocycles. The van der Waals surface area contributed by atoms with Gasteiger partial charge >= 0.3 is 6.03 Å². The SMILES string of the molecule is Cc1cc(C)c(NC(=O)c2sc(NC(=O)Nc3ccc(OCCCCCOc4ccccc4)cc3)nc2C)c(C)c1. The van der Waals surface area contributed by atoms with Crippen molar-refractivity contribution < 1.29 is 19.1 Å². The van der Waals surface area contributed by atoms with Crippen LogP contribution in [0.2, 0.25) is 0 Å². The molecule has 4 rings (SSSR count). The van der Waals surface area contributed by atoms with Crippen molar-refractivity contribution in [1.29, 1.82) is 0 Å². The predicted octanol–water partition coefficient (Wildman–Crippen LogP) is 7.90. The number of nitrogens with one attached hydrogen (secondary N) is 3. The number of para-hydroxylation sites is 1. The lowest BCUT2D eigenvalue weighted by atomic mass is 10.1. The average Bonchev–Trinajstić information content (AvgIpc) is 3.31. The van der Waals surface area contributed by atoms with E-state index in [9.17, 15) is 9.59 Å². The van der Waals surface area contributed by atoms with E-state index in [0.29, 0.717) is 34.6 Å². The van der Waals surface area contributed by atoms with Crippen LogP contribution in [0.25, 0.3) is 0 Å². The number of aryl methyl sites for hydroxylation is 4. The highest BCUT2D eigenvalue weighted by Crippen LogP contribution is 2.27. The number of carbonyl (C=O) groups is 2. The van der Waals surface area contributed by atoms with E-state index in [-0.39, 0.29) is 5.91 Å². The Bertz CT molecular complexity index is 1450. The van der Waals surface area contributed by atoms with Gasteiger partial charge in [0.1, 0.15) is 16.4 Å². The second kappa shape index (κ2) is 14.3. The van der Waals surface area contributed by atoms with Crippen LogP contribution in [0.5, 0.6) is 11.5 Å². The number of urea groups is 1. The summed E-state index contributed by atoms with van der Waals surface area (Å²) in [4.78, 5) is 30.3. The second-order valence-corrected chi connectivity index (χ2v) is 10.8. The first-order valence-electron chi connectivity index (χ1n) is 13.6. The number of unbranched alkanes of at least 4 members (excludes halogenated alkanes) is 2. The molecule has 0 aliphatic rings. The number of thiazole rings is 1. The van der Waals surface area contributed by atoms with Crippen molar-refractivity contribution in [2.75, 3.05) is 29.2 Å². The number of nitrogens with zero attached hydrogens (tertiary/aromatic N) is 1. The number of hydrogen-bond donors (Lipinski definition) is 3. The monoisotopic (exact) mass is 572 g/mol. The Kier molecular flexibility index (Phi) is 10.3. The maximum absolute atomic E-state index is 13.0. The lowest BCUT2D eigenvalue weighted by Gasteiger charge is -2.12. The molecule has 4 aromatic rings. The summed E-state index contributed by atoms with van der Waals surface area (Å²) in [6, 6.07) is 20.6. The third kappa shape index (κ3) is 8.81. The van der Waals surface area contributed by atoms with Crippen LogP contribution in [-0.2, 0) is 0 Å². The number of rotatable bonds is 12. The molecule has 1 aromatic heterocycles. The van der Waals surface area contributed by atoms with Crippen LogP contribution in [0.15, 0.2) is 66.7 Å². The second-order valence-electron chi connectivity index (χ2n) is 9.84. The highest BCUT2D eigenvalue weighted by Gasteiger charge is 2.18. The minimum atomic E-state index is -0.442. The van der Waals surface area contributed by atoms with Gasteiger partial charge in [-0.05, 0) is 94.5 Å². The van der Waals surface area contributed by atoms with Gasteiger partial charge in [-0.25, -0.2) is 9.78 Å². The average molecular weight is 573 g/mol. The minimum absolute atomic E-state index is 0.250. The first kappa shape index (κ1) is 29.6. The fourth-order valence-electron chi connectivity index (χ4n) is 4.38. The van der Waals surface area contributed by atoms with Crippen LogP contribution in [-0.4, -0.2) is 30.1 Å². The molecule has 0 unspecified atom stereocenters. The third-order valence-corrected chi connectivity index (χ3v) is 7.39. The van der Waals surface area contributed by atoms with E-state index in [4.69, 9.17) is 9.47 Å². The molecular weight excluding hydrogens is 536 g/mol. The molecule has 9 heteroatoms. The van der Waals surface area contributed by atoms with Crippen molar-refractivity contribution in [3.05, 3.63) is 94.0 Å². The normalized spacial score (nSPS) is 10.6. The minimum Gasteiger partial charge on any atom is -0.494 e. The molecule has 8 nitrogen and oxygen atoms in total. The first-order chi connectivity index (χ1) is 19.8. The van der Waals surface area contributed by atoms with Gasteiger partial charge in [0.25, 0.3) is 5.91 Å². The molecule has 0 saturated heterocycles. The van der Waals surface area contributed by atoms with Crippen molar-refractivity contribution >= 4 is 39.8 Å². The van der Waals surface area contributed by atoms with Crippen molar-refractivity contribution in [2.45, 2.75) is 47.0 Å². The zero-order valence-electron chi connectivity index (χ0n) is 23.9. The molecule has 3 amide bonds. The molecule has 3 N–H and O–H groups in total. The van der Waals surface area contributed by atoms with E-state index in [1.807, 2.05) is 75.4 Å². The van der Waals surface area contributed by atoms with Gasteiger partial charge in [0.2, 0.25) is 0 Å². The molecule has 0 aliphatic heterocycles. The molecule has 0 aliphatic carbocycles. The maximum atomic E-state index is 13.0. The first-order valence-corrected chi connectivity index (χ1v) is 14.5. The molecule has 0 spiro atoms. The fourth-order valence-corrected chi connectivity index (χ4v) is 5.24. The van der Waals surface area contributed by atoms with Gasteiger partial charge in [-0.3, -0.25) is 10.1 Å². The van der Waals surface area contributed by atoms with Crippen LogP contribution >= 0.6 is 11.3 Å². The van der Waals surface area contributed by atoms with E-state index < -0.39 is 6.03 Å². The Balaban J connectivity index is 1.19. The topological polar surface area (TPSA) is 102 Å². The summed E-state index contributed by atoms with van der Waals surface area (Å²) in [5.41, 5.74) is 5.10. The van der Waals surface area contributed by atoms with Gasteiger partial charge in [0.05, 0.1) is 18.9 Å². The van der Waals surface area contributed by atoms with Crippen LogP contribution in [0.3, 0.4) is 0 Å². The smallest absolute Gasteiger partial charge is 0.325 e. The Morgan fingerprint density at radius 1 is 0.756 bits per heavy atom.